The van der Waals surface area contributed by atoms with E-state index in [1.54, 1.807) is 0 Å². The number of hydrogen-bond acceptors (Lipinski definition) is 2. The van der Waals surface area contributed by atoms with Crippen LogP contribution in [-0.4, -0.2) is 0 Å². The maximum absolute atomic E-state index is 6.38. The summed E-state index contributed by atoms with van der Waals surface area (Å²) in [6, 6.07) is 58.5. The fraction of sp³-hybridized carbons (Fsp3) is 0.0435. The summed E-state index contributed by atoms with van der Waals surface area (Å²) in [6.07, 6.45) is 6.54. The standard InChI is InChI=1S/C46H33NO/c1-2-10-32(11-3-1)33-20-22-34(23-21-33)35-24-28-38(29-25-35)47(44-18-8-13-36-12-4-5-14-40(36)44)39-30-26-37(27-31-39)41-16-9-17-43-42-15-6-7-19-45(42)48-46(41)43/h1-24,26-28,30-31H,25,29H2. The van der Waals surface area contributed by atoms with Gasteiger partial charge in [0.15, 0.2) is 0 Å². The number of anilines is 2. The smallest absolute Gasteiger partial charge is 0.143 e. The minimum Gasteiger partial charge on any atom is -0.455 e. The molecule has 1 aromatic heterocycles. The van der Waals surface area contributed by atoms with E-state index in [9.17, 15) is 0 Å². The summed E-state index contributed by atoms with van der Waals surface area (Å²) in [5.41, 5.74) is 12.8. The molecular weight excluding hydrogens is 583 g/mol. The van der Waals surface area contributed by atoms with Crippen LogP contribution in [0.2, 0.25) is 0 Å². The van der Waals surface area contributed by atoms with Crippen LogP contribution in [0.3, 0.4) is 0 Å². The highest BCUT2D eigenvalue weighted by Crippen LogP contribution is 2.41. The van der Waals surface area contributed by atoms with E-state index in [0.29, 0.717) is 0 Å². The van der Waals surface area contributed by atoms with Crippen LogP contribution in [0.1, 0.15) is 18.4 Å². The highest BCUT2D eigenvalue weighted by Gasteiger charge is 2.20. The molecule has 48 heavy (non-hydrogen) atoms. The van der Waals surface area contributed by atoms with Gasteiger partial charge in [0, 0.05) is 33.1 Å². The molecule has 0 radical (unpaired) electrons. The molecular formula is C46H33NO. The lowest BCUT2D eigenvalue weighted by Crippen LogP contribution is -2.18. The predicted octanol–water partition coefficient (Wildman–Crippen LogP) is 13.0. The number of furan rings is 1. The van der Waals surface area contributed by atoms with Crippen LogP contribution in [0.15, 0.2) is 186 Å². The maximum atomic E-state index is 6.38. The van der Waals surface area contributed by atoms with Crippen molar-refractivity contribution in [2.24, 2.45) is 0 Å². The van der Waals surface area contributed by atoms with Gasteiger partial charge in [0.05, 0.1) is 5.69 Å². The predicted molar refractivity (Wildman–Crippen MR) is 202 cm³/mol. The lowest BCUT2D eigenvalue weighted by atomic mass is 9.93. The first-order valence-electron chi connectivity index (χ1n) is 16.6. The summed E-state index contributed by atoms with van der Waals surface area (Å²) in [6.45, 7) is 0. The Morgan fingerprint density at radius 1 is 0.438 bits per heavy atom. The Bertz CT molecular complexity index is 2480. The maximum Gasteiger partial charge on any atom is 0.143 e. The first-order chi connectivity index (χ1) is 23.8. The van der Waals surface area contributed by atoms with Gasteiger partial charge in [-0.25, -0.2) is 0 Å². The van der Waals surface area contributed by atoms with E-state index in [1.807, 2.05) is 12.1 Å². The van der Waals surface area contributed by atoms with Crippen molar-refractivity contribution in [2.75, 3.05) is 4.90 Å². The Morgan fingerprint density at radius 3 is 1.90 bits per heavy atom. The third-order valence-corrected chi connectivity index (χ3v) is 9.63. The topological polar surface area (TPSA) is 16.4 Å². The normalized spacial score (nSPS) is 13.1. The molecule has 0 saturated heterocycles. The number of allylic oxidation sites excluding steroid dienone is 4. The van der Waals surface area contributed by atoms with E-state index in [0.717, 1.165) is 51.6 Å². The molecule has 2 nitrogen and oxygen atoms in total. The molecule has 9 rings (SSSR count). The van der Waals surface area contributed by atoms with Crippen LogP contribution < -0.4 is 4.90 Å². The molecule has 0 atom stereocenters. The van der Waals surface area contributed by atoms with Gasteiger partial charge in [-0.3, -0.25) is 0 Å². The van der Waals surface area contributed by atoms with Gasteiger partial charge in [-0.1, -0.05) is 146 Å². The Hall–Kier alpha value is -6.12. The number of hydrogen-bond donors (Lipinski definition) is 0. The second-order valence-electron chi connectivity index (χ2n) is 12.5. The molecule has 0 unspecified atom stereocenters. The van der Waals surface area contributed by atoms with Crippen LogP contribution in [0, 0.1) is 0 Å². The molecule has 7 aromatic carbocycles. The van der Waals surface area contributed by atoms with E-state index in [-0.39, 0.29) is 0 Å². The summed E-state index contributed by atoms with van der Waals surface area (Å²) in [5, 5.41) is 4.77. The van der Waals surface area contributed by atoms with Crippen LogP contribution in [0.25, 0.3) is 60.5 Å². The lowest BCUT2D eigenvalue weighted by molar-refractivity contribution is 0.670. The quantitative estimate of drug-likeness (QED) is 0.185. The van der Waals surface area contributed by atoms with Gasteiger partial charge in [-0.2, -0.15) is 0 Å². The molecule has 0 fully saturated rings. The molecule has 1 heterocycles. The van der Waals surface area contributed by atoms with Crippen molar-refractivity contribution in [3.63, 3.8) is 0 Å². The number of nitrogens with zero attached hydrogens (tertiary/aromatic N) is 1. The first-order valence-corrected chi connectivity index (χ1v) is 16.6. The summed E-state index contributed by atoms with van der Waals surface area (Å²) in [4.78, 5) is 2.44. The summed E-state index contributed by atoms with van der Waals surface area (Å²) in [7, 11) is 0. The molecule has 1 aliphatic rings. The van der Waals surface area contributed by atoms with Gasteiger partial charge < -0.3 is 9.32 Å². The molecule has 1 aliphatic carbocycles. The van der Waals surface area contributed by atoms with Crippen molar-refractivity contribution >= 4 is 49.7 Å². The van der Waals surface area contributed by atoms with Crippen molar-refractivity contribution < 1.29 is 4.42 Å². The molecule has 8 aromatic rings. The Balaban J connectivity index is 1.10. The SMILES string of the molecule is C1=C(c2ccc(-c3ccccc3)cc2)CCC(N(c2ccc(-c3cccc4c3oc3ccccc34)cc2)c2cccc3ccccc23)=C1. The van der Waals surface area contributed by atoms with Gasteiger partial charge in [0.2, 0.25) is 0 Å². The second-order valence-corrected chi connectivity index (χ2v) is 12.5. The molecule has 2 heteroatoms. The molecule has 0 saturated carbocycles. The Morgan fingerprint density at radius 2 is 1.08 bits per heavy atom. The van der Waals surface area contributed by atoms with E-state index in [4.69, 9.17) is 4.42 Å². The first kappa shape index (κ1) is 28.1. The lowest BCUT2D eigenvalue weighted by Gasteiger charge is -2.31. The number of benzene rings is 7. The van der Waals surface area contributed by atoms with Crippen molar-refractivity contribution in [1.82, 2.24) is 0 Å². The van der Waals surface area contributed by atoms with Gasteiger partial charge in [0.1, 0.15) is 11.2 Å². The monoisotopic (exact) mass is 615 g/mol. The number of fused-ring (bicyclic) bond motifs is 4. The van der Waals surface area contributed by atoms with E-state index in [1.165, 1.54) is 44.4 Å². The van der Waals surface area contributed by atoms with Crippen LogP contribution in [0.5, 0.6) is 0 Å². The fourth-order valence-electron chi connectivity index (χ4n) is 7.19. The summed E-state index contributed by atoms with van der Waals surface area (Å²) >= 11 is 0. The van der Waals surface area contributed by atoms with Gasteiger partial charge in [-0.05, 0) is 76.4 Å². The summed E-state index contributed by atoms with van der Waals surface area (Å²) in [5.74, 6) is 0. The highest BCUT2D eigenvalue weighted by molar-refractivity contribution is 6.09. The third-order valence-electron chi connectivity index (χ3n) is 9.63. The fourth-order valence-corrected chi connectivity index (χ4v) is 7.19. The van der Waals surface area contributed by atoms with Crippen molar-refractivity contribution in [3.05, 3.63) is 187 Å². The molecule has 228 valence electrons. The summed E-state index contributed by atoms with van der Waals surface area (Å²) < 4.78 is 6.38. The van der Waals surface area contributed by atoms with Crippen LogP contribution in [-0.2, 0) is 0 Å². The van der Waals surface area contributed by atoms with Crippen LogP contribution in [0.4, 0.5) is 11.4 Å². The molecule has 0 spiro atoms. The molecule has 0 bridgehead atoms. The molecule has 0 amide bonds. The van der Waals surface area contributed by atoms with Gasteiger partial charge in [-0.15, -0.1) is 0 Å². The van der Waals surface area contributed by atoms with Crippen molar-refractivity contribution in [3.8, 4) is 22.3 Å². The van der Waals surface area contributed by atoms with E-state index in [2.05, 4.69) is 169 Å². The van der Waals surface area contributed by atoms with Crippen molar-refractivity contribution in [2.45, 2.75) is 12.8 Å². The Labute approximate surface area is 280 Å². The number of rotatable bonds is 6. The van der Waals surface area contributed by atoms with Crippen molar-refractivity contribution in [1.29, 1.82) is 0 Å². The van der Waals surface area contributed by atoms with E-state index >= 15 is 0 Å². The average molecular weight is 616 g/mol. The minimum atomic E-state index is 0.919. The zero-order chi connectivity index (χ0) is 31.9. The van der Waals surface area contributed by atoms with Gasteiger partial charge >= 0.3 is 0 Å². The molecule has 0 N–H and O–H groups in total. The highest BCUT2D eigenvalue weighted by atomic mass is 16.3. The largest absolute Gasteiger partial charge is 0.455 e. The molecule has 0 aliphatic heterocycles. The van der Waals surface area contributed by atoms with Gasteiger partial charge in [0.25, 0.3) is 0 Å². The Kier molecular flexibility index (Phi) is 6.98. The average Bonchev–Trinajstić information content (AvgIpc) is 3.55. The third kappa shape index (κ3) is 4.99. The second kappa shape index (κ2) is 11.9. The van der Waals surface area contributed by atoms with Crippen LogP contribution >= 0.6 is 0 Å². The zero-order valence-electron chi connectivity index (χ0n) is 26.5. The zero-order valence-corrected chi connectivity index (χ0v) is 26.5. The minimum absolute atomic E-state index is 0.919. The van der Waals surface area contributed by atoms with E-state index < -0.39 is 0 Å². The number of para-hydroxylation sites is 2.